The Balaban J connectivity index is 1.29. The number of nitrogens with zero attached hydrogens (tertiary/aromatic N) is 4. The summed E-state index contributed by atoms with van der Waals surface area (Å²) >= 11 is 0. The number of urea groups is 1. The molecule has 0 saturated carbocycles. The fraction of sp³-hybridized carbons (Fsp3) is 0.640. The highest BCUT2D eigenvalue weighted by atomic mass is 16.5. The van der Waals surface area contributed by atoms with Gasteiger partial charge in [-0.15, -0.1) is 0 Å². The number of hydrogen-bond acceptors (Lipinski definition) is 6. The SMILES string of the molecule is CCOc1ccc([C@]2(C)NC(=O)N(CN3CCN(CC(=O)N4CCCCCC4)CC3)C2=O)cc1. The molecular weight excluding hydrogens is 434 g/mol. The molecule has 0 spiro atoms. The molecule has 9 nitrogen and oxygen atoms in total. The van der Waals surface area contributed by atoms with Crippen LogP contribution in [-0.4, -0.2) is 96.5 Å². The van der Waals surface area contributed by atoms with Crippen molar-refractivity contribution in [3.63, 3.8) is 0 Å². The monoisotopic (exact) mass is 471 g/mol. The molecule has 34 heavy (non-hydrogen) atoms. The first-order valence-corrected chi connectivity index (χ1v) is 12.5. The van der Waals surface area contributed by atoms with Crippen molar-refractivity contribution in [1.82, 2.24) is 24.9 Å². The molecule has 9 heteroatoms. The van der Waals surface area contributed by atoms with E-state index in [2.05, 4.69) is 15.1 Å². The highest BCUT2D eigenvalue weighted by Gasteiger charge is 2.49. The number of ether oxygens (including phenoxy) is 1. The average molecular weight is 472 g/mol. The molecule has 0 bridgehead atoms. The van der Waals surface area contributed by atoms with Gasteiger partial charge in [0.1, 0.15) is 11.3 Å². The van der Waals surface area contributed by atoms with Gasteiger partial charge in [0.2, 0.25) is 5.91 Å². The van der Waals surface area contributed by atoms with Crippen LogP contribution in [0.15, 0.2) is 24.3 Å². The van der Waals surface area contributed by atoms with Crippen LogP contribution in [0.4, 0.5) is 4.79 Å². The third-order valence-corrected chi connectivity index (χ3v) is 7.14. The second-order valence-electron chi connectivity index (χ2n) is 9.58. The van der Waals surface area contributed by atoms with Gasteiger partial charge in [-0.1, -0.05) is 25.0 Å². The van der Waals surface area contributed by atoms with Gasteiger partial charge in [-0.05, 0) is 44.4 Å². The highest BCUT2D eigenvalue weighted by Crippen LogP contribution is 2.30. The number of hydrogen-bond donors (Lipinski definition) is 1. The van der Waals surface area contributed by atoms with E-state index in [0.717, 1.165) is 50.3 Å². The van der Waals surface area contributed by atoms with Gasteiger partial charge < -0.3 is 15.0 Å². The summed E-state index contributed by atoms with van der Waals surface area (Å²) in [4.78, 5) is 46.3. The zero-order chi connectivity index (χ0) is 24.1. The van der Waals surface area contributed by atoms with E-state index in [9.17, 15) is 14.4 Å². The summed E-state index contributed by atoms with van der Waals surface area (Å²) in [5.74, 6) is 0.701. The van der Waals surface area contributed by atoms with E-state index in [1.165, 1.54) is 17.7 Å². The zero-order valence-corrected chi connectivity index (χ0v) is 20.4. The van der Waals surface area contributed by atoms with E-state index in [1.807, 2.05) is 36.1 Å². The first kappa shape index (κ1) is 24.5. The fourth-order valence-corrected chi connectivity index (χ4v) is 4.97. The van der Waals surface area contributed by atoms with E-state index in [-0.39, 0.29) is 24.5 Å². The van der Waals surface area contributed by atoms with E-state index in [1.54, 1.807) is 6.92 Å². The molecule has 1 aromatic carbocycles. The third-order valence-electron chi connectivity index (χ3n) is 7.14. The predicted molar refractivity (Wildman–Crippen MR) is 128 cm³/mol. The fourth-order valence-electron chi connectivity index (χ4n) is 4.97. The van der Waals surface area contributed by atoms with Crippen LogP contribution in [0.25, 0.3) is 0 Å². The maximum Gasteiger partial charge on any atom is 0.326 e. The Morgan fingerprint density at radius 2 is 1.56 bits per heavy atom. The minimum absolute atomic E-state index is 0.218. The number of rotatable bonds is 7. The van der Waals surface area contributed by atoms with Crippen LogP contribution in [0, 0.1) is 0 Å². The zero-order valence-electron chi connectivity index (χ0n) is 20.4. The van der Waals surface area contributed by atoms with E-state index in [4.69, 9.17) is 4.74 Å². The van der Waals surface area contributed by atoms with Crippen molar-refractivity contribution < 1.29 is 19.1 Å². The van der Waals surface area contributed by atoms with Gasteiger partial charge in [0.05, 0.1) is 19.8 Å². The number of nitrogens with one attached hydrogen (secondary N) is 1. The van der Waals surface area contributed by atoms with Crippen molar-refractivity contribution in [3.8, 4) is 5.75 Å². The number of carbonyl (C=O) groups excluding carboxylic acids is 3. The second kappa shape index (κ2) is 10.7. The molecule has 0 unspecified atom stereocenters. The highest BCUT2D eigenvalue weighted by molar-refractivity contribution is 6.07. The number of amides is 4. The lowest BCUT2D eigenvalue weighted by atomic mass is 9.92. The van der Waals surface area contributed by atoms with Gasteiger partial charge in [-0.3, -0.25) is 19.4 Å². The van der Waals surface area contributed by atoms with Crippen molar-refractivity contribution in [1.29, 1.82) is 0 Å². The summed E-state index contributed by atoms with van der Waals surface area (Å²) in [6.45, 7) is 9.61. The van der Waals surface area contributed by atoms with Gasteiger partial charge in [0.15, 0.2) is 0 Å². The summed E-state index contributed by atoms with van der Waals surface area (Å²) in [6, 6.07) is 6.91. The maximum absolute atomic E-state index is 13.3. The third kappa shape index (κ3) is 5.36. The molecule has 186 valence electrons. The van der Waals surface area contributed by atoms with Gasteiger partial charge in [0.25, 0.3) is 5.91 Å². The first-order valence-electron chi connectivity index (χ1n) is 12.5. The molecule has 1 N–H and O–H groups in total. The maximum atomic E-state index is 13.3. The summed E-state index contributed by atoms with van der Waals surface area (Å²) in [7, 11) is 0. The van der Waals surface area contributed by atoms with E-state index in [0.29, 0.717) is 26.2 Å². The Labute approximate surface area is 202 Å². The molecule has 3 aliphatic heterocycles. The van der Waals surface area contributed by atoms with Crippen LogP contribution >= 0.6 is 0 Å². The number of benzene rings is 1. The van der Waals surface area contributed by atoms with Crippen LogP contribution in [0.1, 0.15) is 45.1 Å². The quantitative estimate of drug-likeness (QED) is 0.611. The Morgan fingerprint density at radius 1 is 0.941 bits per heavy atom. The molecule has 1 aromatic rings. The van der Waals surface area contributed by atoms with Crippen molar-refractivity contribution in [3.05, 3.63) is 29.8 Å². The van der Waals surface area contributed by atoms with Gasteiger partial charge in [-0.2, -0.15) is 0 Å². The minimum Gasteiger partial charge on any atom is -0.494 e. The smallest absolute Gasteiger partial charge is 0.326 e. The Bertz CT molecular complexity index is 876. The minimum atomic E-state index is -1.09. The Morgan fingerprint density at radius 3 is 2.18 bits per heavy atom. The topological polar surface area (TPSA) is 85.4 Å². The number of likely N-dealkylation sites (tertiary alicyclic amines) is 1. The number of carbonyl (C=O) groups is 3. The number of piperazine rings is 1. The summed E-state index contributed by atoms with van der Waals surface area (Å²) in [6.07, 6.45) is 4.62. The lowest BCUT2D eigenvalue weighted by Gasteiger charge is -2.36. The van der Waals surface area contributed by atoms with Crippen LogP contribution in [-0.2, 0) is 15.1 Å². The lowest BCUT2D eigenvalue weighted by molar-refractivity contribution is -0.133. The Kier molecular flexibility index (Phi) is 7.73. The standard InChI is InChI=1S/C25H37N5O4/c1-3-34-21-10-8-20(9-11-21)25(2)23(32)30(24(33)26-25)19-28-16-14-27(15-17-28)18-22(31)29-12-6-4-5-7-13-29/h8-11H,3-7,12-19H2,1-2H3,(H,26,33)/t25-/m0/s1. The Hall–Kier alpha value is -2.65. The summed E-state index contributed by atoms with van der Waals surface area (Å²) < 4.78 is 5.48. The van der Waals surface area contributed by atoms with Crippen LogP contribution in [0.2, 0.25) is 0 Å². The molecule has 3 aliphatic rings. The molecule has 0 radical (unpaired) electrons. The molecule has 3 saturated heterocycles. The molecular formula is C25H37N5O4. The van der Waals surface area contributed by atoms with Crippen molar-refractivity contribution in [2.75, 3.05) is 59.1 Å². The largest absolute Gasteiger partial charge is 0.494 e. The molecule has 3 heterocycles. The molecule has 0 aromatic heterocycles. The number of imide groups is 1. The average Bonchev–Trinajstić information content (AvgIpc) is 3.03. The summed E-state index contributed by atoms with van der Waals surface area (Å²) in [5, 5.41) is 2.87. The van der Waals surface area contributed by atoms with E-state index < -0.39 is 5.54 Å². The normalized spacial score (nSPS) is 24.8. The molecule has 0 aliphatic carbocycles. The molecule has 3 fully saturated rings. The van der Waals surface area contributed by atoms with Crippen LogP contribution < -0.4 is 10.1 Å². The van der Waals surface area contributed by atoms with Crippen molar-refractivity contribution in [2.45, 2.75) is 45.1 Å². The second-order valence-corrected chi connectivity index (χ2v) is 9.58. The predicted octanol–water partition coefficient (Wildman–Crippen LogP) is 1.83. The van der Waals surface area contributed by atoms with Gasteiger partial charge >= 0.3 is 6.03 Å². The van der Waals surface area contributed by atoms with Crippen LogP contribution in [0.5, 0.6) is 5.75 Å². The van der Waals surface area contributed by atoms with Gasteiger partial charge in [-0.25, -0.2) is 9.69 Å². The molecule has 1 atom stereocenters. The van der Waals surface area contributed by atoms with E-state index >= 15 is 0 Å². The van der Waals surface area contributed by atoms with Crippen LogP contribution in [0.3, 0.4) is 0 Å². The van der Waals surface area contributed by atoms with Gasteiger partial charge in [0, 0.05) is 39.3 Å². The molecule has 4 rings (SSSR count). The summed E-state index contributed by atoms with van der Waals surface area (Å²) in [5.41, 5.74) is -0.364. The lowest BCUT2D eigenvalue weighted by Crippen LogP contribution is -2.53. The molecule has 4 amide bonds. The first-order chi connectivity index (χ1) is 16.4. The van der Waals surface area contributed by atoms with Crippen molar-refractivity contribution >= 4 is 17.8 Å². The van der Waals surface area contributed by atoms with Crippen molar-refractivity contribution in [2.24, 2.45) is 0 Å².